The first-order valence-corrected chi connectivity index (χ1v) is 11.9. The van der Waals surface area contributed by atoms with E-state index in [2.05, 4.69) is 58.9 Å². The number of benzene rings is 1. The number of aliphatic carboxylic acids is 1. The molecule has 0 bridgehead atoms. The molecule has 0 radical (unpaired) electrons. The maximum atomic E-state index is 10.6. The van der Waals surface area contributed by atoms with Crippen LogP contribution in [0.5, 0.6) is 0 Å². The van der Waals surface area contributed by atoms with Gasteiger partial charge < -0.3 is 15.0 Å². The van der Waals surface area contributed by atoms with Gasteiger partial charge >= 0.3 is 12.1 Å². The molecule has 0 saturated carbocycles. The Bertz CT molecular complexity index is 1430. The predicted molar refractivity (Wildman–Crippen MR) is 132 cm³/mol. The highest BCUT2D eigenvalue weighted by Crippen LogP contribution is 2.35. The molecule has 1 unspecified atom stereocenters. The third-order valence-corrected chi connectivity index (χ3v) is 6.38. The number of anilines is 1. The lowest BCUT2D eigenvalue weighted by atomic mass is 10.1. The minimum Gasteiger partial charge on any atom is -0.475 e. The molecule has 0 amide bonds. The van der Waals surface area contributed by atoms with Crippen LogP contribution in [0.3, 0.4) is 0 Å². The van der Waals surface area contributed by atoms with Gasteiger partial charge in [-0.2, -0.15) is 18.3 Å². The number of carboxylic acid groups (broad SMARTS) is 1. The highest BCUT2D eigenvalue weighted by Gasteiger charge is 2.38. The van der Waals surface area contributed by atoms with Gasteiger partial charge in [-0.1, -0.05) is 12.1 Å². The Balaban J connectivity index is 0.000000405. The molecule has 1 saturated heterocycles. The smallest absolute Gasteiger partial charge is 0.475 e. The predicted octanol–water partition coefficient (Wildman–Crippen LogP) is 5.14. The lowest BCUT2D eigenvalue weighted by Crippen LogP contribution is -2.25. The summed E-state index contributed by atoms with van der Waals surface area (Å²) in [6.45, 7) is 10.1. The van der Waals surface area contributed by atoms with Crippen LogP contribution in [0.25, 0.3) is 22.3 Å². The van der Waals surface area contributed by atoms with Gasteiger partial charge in [-0.15, -0.1) is 0 Å². The SMILES string of the molecule is CCn1nc(C)c(-c2ccnc(N3CCCC3c3nc4c(C)cccc4[nH]3)n2)c1C.O=C(O)C(F)(F)F. The van der Waals surface area contributed by atoms with Crippen LogP contribution in [0.4, 0.5) is 19.1 Å². The summed E-state index contributed by atoms with van der Waals surface area (Å²) in [5, 5.41) is 11.8. The minimum atomic E-state index is -5.08. The largest absolute Gasteiger partial charge is 0.490 e. The summed E-state index contributed by atoms with van der Waals surface area (Å²) in [6, 6.07) is 8.41. The van der Waals surface area contributed by atoms with Crippen molar-refractivity contribution in [2.24, 2.45) is 0 Å². The molecule has 12 heteroatoms. The van der Waals surface area contributed by atoms with Crippen LogP contribution in [0.15, 0.2) is 30.5 Å². The van der Waals surface area contributed by atoms with Crippen molar-refractivity contribution < 1.29 is 23.1 Å². The number of halogens is 3. The van der Waals surface area contributed by atoms with E-state index in [1.165, 1.54) is 5.56 Å². The quantitative estimate of drug-likeness (QED) is 0.387. The molecule has 1 atom stereocenters. The van der Waals surface area contributed by atoms with Crippen molar-refractivity contribution in [3.05, 3.63) is 53.2 Å². The number of aryl methyl sites for hydroxylation is 3. The zero-order valence-electron chi connectivity index (χ0n) is 21.0. The van der Waals surface area contributed by atoms with Gasteiger partial charge in [0.15, 0.2) is 0 Å². The monoisotopic (exact) mass is 515 g/mol. The van der Waals surface area contributed by atoms with Gasteiger partial charge in [-0.3, -0.25) is 4.68 Å². The zero-order valence-corrected chi connectivity index (χ0v) is 21.0. The average molecular weight is 516 g/mol. The number of aromatic amines is 1. The first-order valence-electron chi connectivity index (χ1n) is 11.9. The van der Waals surface area contributed by atoms with Crippen LogP contribution in [-0.4, -0.2) is 53.5 Å². The van der Waals surface area contributed by atoms with Gasteiger partial charge in [0.2, 0.25) is 5.95 Å². The molecule has 1 aromatic carbocycles. The molecule has 37 heavy (non-hydrogen) atoms. The van der Waals surface area contributed by atoms with E-state index in [-0.39, 0.29) is 6.04 Å². The summed E-state index contributed by atoms with van der Waals surface area (Å²) >= 11 is 0. The van der Waals surface area contributed by atoms with Crippen molar-refractivity contribution >= 4 is 23.0 Å². The van der Waals surface area contributed by atoms with Gasteiger partial charge in [-0.05, 0) is 58.2 Å². The van der Waals surface area contributed by atoms with Gasteiger partial charge in [0.1, 0.15) is 5.82 Å². The minimum absolute atomic E-state index is 0.160. The first-order chi connectivity index (χ1) is 17.5. The maximum absolute atomic E-state index is 10.6. The molecule has 5 rings (SSSR count). The molecule has 1 aliphatic heterocycles. The third-order valence-electron chi connectivity index (χ3n) is 6.38. The molecule has 1 aliphatic rings. The molecule has 3 aromatic heterocycles. The fraction of sp³-hybridized carbons (Fsp3) is 0.400. The molecular formula is C25H28F3N7O2. The van der Waals surface area contributed by atoms with Gasteiger partial charge in [0.05, 0.1) is 28.5 Å². The van der Waals surface area contributed by atoms with Crippen molar-refractivity contribution in [3.63, 3.8) is 0 Å². The van der Waals surface area contributed by atoms with E-state index in [9.17, 15) is 13.2 Å². The number of rotatable bonds is 4. The summed E-state index contributed by atoms with van der Waals surface area (Å²) in [4.78, 5) is 29.2. The number of aromatic nitrogens is 6. The summed E-state index contributed by atoms with van der Waals surface area (Å²) in [5.41, 5.74) is 7.51. The number of fused-ring (bicyclic) bond motifs is 1. The Hall–Kier alpha value is -3.96. The number of nitrogens with zero attached hydrogens (tertiary/aromatic N) is 6. The second kappa shape index (κ2) is 10.2. The van der Waals surface area contributed by atoms with Crippen molar-refractivity contribution in [1.29, 1.82) is 0 Å². The molecule has 1 fully saturated rings. The number of carbonyl (C=O) groups is 1. The molecule has 9 nitrogen and oxygen atoms in total. The van der Waals surface area contributed by atoms with Crippen LogP contribution in [0.2, 0.25) is 0 Å². The fourth-order valence-electron chi connectivity index (χ4n) is 4.64. The number of hydrogen-bond donors (Lipinski definition) is 2. The molecular weight excluding hydrogens is 487 g/mol. The van der Waals surface area contributed by atoms with Gasteiger partial charge in [-0.25, -0.2) is 19.7 Å². The Morgan fingerprint density at radius 3 is 2.54 bits per heavy atom. The van der Waals surface area contributed by atoms with E-state index >= 15 is 0 Å². The van der Waals surface area contributed by atoms with Gasteiger partial charge in [0.25, 0.3) is 0 Å². The lowest BCUT2D eigenvalue weighted by molar-refractivity contribution is -0.192. The second-order valence-electron chi connectivity index (χ2n) is 8.85. The van der Waals surface area contributed by atoms with Crippen molar-refractivity contribution in [3.8, 4) is 11.3 Å². The van der Waals surface area contributed by atoms with Crippen molar-refractivity contribution in [2.45, 2.75) is 59.3 Å². The second-order valence-corrected chi connectivity index (χ2v) is 8.85. The Morgan fingerprint density at radius 2 is 1.92 bits per heavy atom. The number of imidazole rings is 1. The third kappa shape index (κ3) is 5.27. The molecule has 0 spiro atoms. The summed E-state index contributed by atoms with van der Waals surface area (Å²) in [7, 11) is 0. The number of nitrogens with one attached hydrogen (secondary N) is 1. The van der Waals surface area contributed by atoms with Crippen LogP contribution in [-0.2, 0) is 11.3 Å². The summed E-state index contributed by atoms with van der Waals surface area (Å²) in [5.74, 6) is -1.00. The highest BCUT2D eigenvalue weighted by atomic mass is 19.4. The van der Waals surface area contributed by atoms with Crippen LogP contribution in [0, 0.1) is 20.8 Å². The normalized spacial score (nSPS) is 15.6. The van der Waals surface area contributed by atoms with Crippen LogP contribution < -0.4 is 4.90 Å². The number of hydrogen-bond acceptors (Lipinski definition) is 6. The van der Waals surface area contributed by atoms with E-state index < -0.39 is 12.1 Å². The molecule has 4 aromatic rings. The standard InChI is InChI=1S/C23H27N7.C2HF3O2/c1-5-30-16(4)20(15(3)28-30)17-11-12-24-23(26-17)29-13-7-10-19(29)22-25-18-9-6-8-14(2)21(18)27-22;3-2(4,5)1(6)7/h6,8-9,11-12,19H,5,7,10,13H2,1-4H3,(H,25,27);(H,6,7). The molecule has 196 valence electrons. The van der Waals surface area contributed by atoms with E-state index in [0.29, 0.717) is 0 Å². The summed E-state index contributed by atoms with van der Waals surface area (Å²) in [6.07, 6.45) is -1.09. The number of H-pyrrole nitrogens is 1. The van der Waals surface area contributed by atoms with Crippen molar-refractivity contribution in [1.82, 2.24) is 29.7 Å². The number of para-hydroxylation sites is 1. The number of alkyl halides is 3. The van der Waals surface area contributed by atoms with E-state index in [4.69, 9.17) is 19.9 Å². The number of carboxylic acids is 1. The topological polar surface area (TPSA) is 113 Å². The van der Waals surface area contributed by atoms with E-state index in [1.54, 1.807) is 0 Å². The zero-order chi connectivity index (χ0) is 26.9. The molecule has 4 heterocycles. The summed E-state index contributed by atoms with van der Waals surface area (Å²) < 4.78 is 33.8. The first kappa shape index (κ1) is 26.1. The Kier molecular flexibility index (Phi) is 7.19. The van der Waals surface area contributed by atoms with Crippen molar-refractivity contribution in [2.75, 3.05) is 11.4 Å². The fourth-order valence-corrected chi connectivity index (χ4v) is 4.64. The highest BCUT2D eigenvalue weighted by molar-refractivity contribution is 5.78. The Morgan fingerprint density at radius 1 is 1.19 bits per heavy atom. The maximum Gasteiger partial charge on any atom is 0.490 e. The lowest BCUT2D eigenvalue weighted by Gasteiger charge is -2.23. The average Bonchev–Trinajstić information content (AvgIpc) is 3.56. The van der Waals surface area contributed by atoms with Gasteiger partial charge in [0, 0.05) is 30.5 Å². The Labute approximate surface area is 211 Å². The molecule has 2 N–H and O–H groups in total. The van der Waals surface area contributed by atoms with Crippen LogP contribution in [0.1, 0.15) is 48.6 Å². The van der Waals surface area contributed by atoms with Crippen LogP contribution >= 0.6 is 0 Å². The van der Waals surface area contributed by atoms with E-state index in [0.717, 1.165) is 71.4 Å². The molecule has 0 aliphatic carbocycles. The van der Waals surface area contributed by atoms with E-state index in [1.807, 2.05) is 23.9 Å².